The maximum atomic E-state index is 16.8. The lowest BCUT2D eigenvalue weighted by Gasteiger charge is -2.45. The molecule has 0 spiro atoms. The number of alkyl halides is 1. The van der Waals surface area contributed by atoms with Gasteiger partial charge in [0, 0.05) is 61.6 Å². The van der Waals surface area contributed by atoms with Crippen LogP contribution in [-0.2, 0) is 40.0 Å². The maximum Gasteiger partial charge on any atom is 0.410 e. The van der Waals surface area contributed by atoms with Crippen LogP contribution >= 0.6 is 0 Å². The second kappa shape index (κ2) is 18.5. The van der Waals surface area contributed by atoms with E-state index in [1.807, 2.05) is 45.4 Å². The molecule has 3 aliphatic rings. The highest BCUT2D eigenvalue weighted by Crippen LogP contribution is 2.43. The number of aromatic nitrogens is 3. The van der Waals surface area contributed by atoms with E-state index in [4.69, 9.17) is 24.8 Å². The van der Waals surface area contributed by atoms with E-state index in [1.54, 1.807) is 45.5 Å². The van der Waals surface area contributed by atoms with E-state index in [1.165, 1.54) is 23.8 Å². The molecule has 12 atom stereocenters. The van der Waals surface area contributed by atoms with E-state index < -0.39 is 76.9 Å². The topological polar surface area (TPSA) is 192 Å². The van der Waals surface area contributed by atoms with Gasteiger partial charge in [-0.3, -0.25) is 19.1 Å². The Morgan fingerprint density at radius 3 is 2.35 bits per heavy atom. The summed E-state index contributed by atoms with van der Waals surface area (Å²) in [6.45, 7) is 12.9. The van der Waals surface area contributed by atoms with Gasteiger partial charge in [-0.15, -0.1) is 5.10 Å². The highest BCUT2D eigenvalue weighted by Gasteiger charge is 2.61. The molecule has 17 heteroatoms. The Kier molecular flexibility index (Phi) is 14.5. The fourth-order valence-corrected chi connectivity index (χ4v) is 9.47. The first kappa shape index (κ1) is 47.0. The number of nitrogens with two attached hydrogens (primary N) is 1. The van der Waals surface area contributed by atoms with Gasteiger partial charge in [-0.05, 0) is 86.0 Å². The number of carbonyl (C=O) groups is 4. The van der Waals surface area contributed by atoms with Gasteiger partial charge in [0.25, 0.3) is 5.67 Å². The third-order valence-electron chi connectivity index (χ3n) is 12.8. The van der Waals surface area contributed by atoms with Gasteiger partial charge in [0.1, 0.15) is 29.9 Å². The van der Waals surface area contributed by atoms with Crippen LogP contribution in [0.1, 0.15) is 93.9 Å². The van der Waals surface area contributed by atoms with Crippen molar-refractivity contribution < 1.29 is 47.7 Å². The van der Waals surface area contributed by atoms with Crippen LogP contribution in [0, 0.1) is 17.8 Å². The molecular formula is C43H66FN7O9. The number of hydroxylamine groups is 2. The minimum Gasteiger partial charge on any atom is -0.455 e. The molecule has 1 aromatic heterocycles. The third kappa shape index (κ3) is 9.85. The van der Waals surface area contributed by atoms with Gasteiger partial charge >= 0.3 is 12.1 Å². The number of unbranched alkanes of at least 4 members (excludes halogenated alkanes) is 1. The molecule has 0 radical (unpaired) electrons. The van der Waals surface area contributed by atoms with Gasteiger partial charge in [0.05, 0.1) is 23.9 Å². The number of benzene rings is 1. The number of halogens is 1. The van der Waals surface area contributed by atoms with E-state index in [0.717, 1.165) is 18.9 Å². The van der Waals surface area contributed by atoms with Crippen LogP contribution in [0.5, 0.6) is 0 Å². The molecule has 1 aromatic carbocycles. The lowest BCUT2D eigenvalue weighted by atomic mass is 9.73. The molecule has 60 heavy (non-hydrogen) atoms. The predicted octanol–water partition coefficient (Wildman–Crippen LogP) is 4.83. The lowest BCUT2D eigenvalue weighted by molar-refractivity contribution is -0.315. The van der Waals surface area contributed by atoms with Crippen LogP contribution in [0.25, 0.3) is 11.3 Å². The number of amides is 1. The number of aryl methyl sites for hydroxylation is 1. The van der Waals surface area contributed by atoms with Crippen molar-refractivity contribution in [3.05, 3.63) is 30.5 Å². The first-order valence-corrected chi connectivity index (χ1v) is 21.2. The van der Waals surface area contributed by atoms with Crippen LogP contribution in [0.3, 0.4) is 0 Å². The van der Waals surface area contributed by atoms with Gasteiger partial charge in [-0.25, -0.2) is 14.0 Å². The van der Waals surface area contributed by atoms with E-state index in [-0.39, 0.29) is 37.3 Å². The fraction of sp³-hybridized carbons (Fsp3) is 0.721. The molecule has 3 N–H and O–H groups in total. The lowest BCUT2D eigenvalue weighted by Crippen LogP contribution is -2.60. The Morgan fingerprint density at radius 2 is 1.70 bits per heavy atom. The number of Topliss-reactive ketones (excluding diaryl/α,β-unsaturated/α-hetero) is 2. The highest BCUT2D eigenvalue weighted by molar-refractivity contribution is 6.08. The zero-order valence-electron chi connectivity index (χ0n) is 37.1. The number of anilines is 1. The summed E-state index contributed by atoms with van der Waals surface area (Å²) >= 11 is 0. The van der Waals surface area contributed by atoms with Crippen molar-refractivity contribution in [2.45, 2.75) is 154 Å². The molecule has 1 amide bonds. The van der Waals surface area contributed by atoms with Crippen molar-refractivity contribution >= 4 is 29.3 Å². The number of carbonyl (C=O) groups excluding carboxylic acids is 4. The Bertz CT molecular complexity index is 1860. The number of nitrogen functional groups attached to an aromatic ring is 1. The Hall–Kier alpha value is -4.03. The van der Waals surface area contributed by atoms with Gasteiger partial charge in [-0.2, -0.15) is 5.06 Å². The minimum atomic E-state index is -3.19. The predicted molar refractivity (Wildman–Crippen MR) is 221 cm³/mol. The Morgan fingerprint density at radius 1 is 1.02 bits per heavy atom. The molecule has 0 aliphatic carbocycles. The van der Waals surface area contributed by atoms with Crippen molar-refractivity contribution in [3.8, 4) is 11.3 Å². The van der Waals surface area contributed by atoms with Gasteiger partial charge in [0.15, 0.2) is 11.4 Å². The Balaban J connectivity index is 1.41. The maximum absolute atomic E-state index is 16.8. The summed E-state index contributed by atoms with van der Waals surface area (Å²) in [6, 6.07) is 6.53. The van der Waals surface area contributed by atoms with Crippen LogP contribution < -0.4 is 5.73 Å². The van der Waals surface area contributed by atoms with Crippen molar-refractivity contribution in [1.29, 1.82) is 0 Å². The van der Waals surface area contributed by atoms with E-state index in [0.29, 0.717) is 37.2 Å². The molecule has 2 aromatic rings. The van der Waals surface area contributed by atoms with Gasteiger partial charge < -0.3 is 34.9 Å². The number of fused-ring (bicyclic) bond motifs is 1. The van der Waals surface area contributed by atoms with Crippen LogP contribution in [0.4, 0.5) is 14.9 Å². The van der Waals surface area contributed by atoms with E-state index >= 15 is 4.39 Å². The third-order valence-corrected chi connectivity index (χ3v) is 12.8. The van der Waals surface area contributed by atoms with Gasteiger partial charge in [0.2, 0.25) is 0 Å². The second-order valence-electron chi connectivity index (χ2n) is 18.1. The van der Waals surface area contributed by atoms with E-state index in [2.05, 4.69) is 15.2 Å². The average molecular weight is 844 g/mol. The summed E-state index contributed by atoms with van der Waals surface area (Å²) in [6.07, 6.45) is 0.0348. The standard InChI is InChI=1S/C43H66FN7O9/c1-12-33-43(8)36(51(40(55)59-43)19-14-13-18-50-24-32(46-47-50)29-16-15-17-30(45)21-29)27(4)35(52)25(2)23-41(6,56)38(28(5)37(53)42(7,44)39(54)58-33)60-49(11)34-22-31(48(9)10)20-26(3)57-34/h15-17,21,24-28,31,33-34,36,38,56H,12-14,18-20,22-23,45H2,1-11H3. The smallest absolute Gasteiger partial charge is 0.410 e. The number of hydrogen-bond acceptors (Lipinski definition) is 14. The molecule has 3 aliphatic heterocycles. The number of hydrogen-bond donors (Lipinski definition) is 2. The summed E-state index contributed by atoms with van der Waals surface area (Å²) in [5.74, 6) is -6.05. The second-order valence-corrected chi connectivity index (χ2v) is 18.1. The van der Waals surface area contributed by atoms with Crippen molar-refractivity contribution in [2.24, 2.45) is 17.8 Å². The summed E-state index contributed by atoms with van der Waals surface area (Å²) in [5.41, 5.74) is 1.34. The number of rotatable bonds is 11. The zero-order chi connectivity index (χ0) is 44.5. The molecule has 12 unspecified atom stereocenters. The number of cyclic esters (lactones) is 1. The fourth-order valence-electron chi connectivity index (χ4n) is 9.47. The molecule has 0 saturated carbocycles. The largest absolute Gasteiger partial charge is 0.455 e. The summed E-state index contributed by atoms with van der Waals surface area (Å²) < 4.78 is 36.6. The number of nitrogens with zero attached hydrogens (tertiary/aromatic N) is 6. The van der Waals surface area contributed by atoms with Crippen LogP contribution in [-0.4, -0.2) is 140 Å². The average Bonchev–Trinajstić information content (AvgIpc) is 3.76. The summed E-state index contributed by atoms with van der Waals surface area (Å²) in [7, 11) is 5.57. The quantitative estimate of drug-likeness (QED) is 0.103. The van der Waals surface area contributed by atoms with Crippen molar-refractivity contribution in [1.82, 2.24) is 29.9 Å². The monoisotopic (exact) mass is 843 g/mol. The van der Waals surface area contributed by atoms with Crippen LogP contribution in [0.15, 0.2) is 30.5 Å². The molecule has 334 valence electrons. The first-order chi connectivity index (χ1) is 28.0. The molecule has 16 nitrogen and oxygen atoms in total. The molecule has 4 heterocycles. The number of ketones is 2. The SMILES string of the molecule is CCC1OC(=O)C(C)(F)C(=O)C(C)C(ON(C)C2CC(N(C)C)CC(C)O2)C(C)(O)CC(C)C(=O)C(C)C2N(CCCCn3cc(-c4cccc(N)c4)nn3)C(=O)OC12C. The molecule has 3 fully saturated rings. The summed E-state index contributed by atoms with van der Waals surface area (Å²) in [4.78, 5) is 66.3. The van der Waals surface area contributed by atoms with Crippen molar-refractivity contribution in [2.75, 3.05) is 33.4 Å². The minimum absolute atomic E-state index is 0.0802. The number of esters is 1. The summed E-state index contributed by atoms with van der Waals surface area (Å²) in [5, 5.41) is 22.2. The zero-order valence-corrected chi connectivity index (χ0v) is 37.1. The van der Waals surface area contributed by atoms with Crippen LogP contribution in [0.2, 0.25) is 0 Å². The number of aliphatic hydroxyl groups is 1. The molecule has 0 bridgehead atoms. The first-order valence-electron chi connectivity index (χ1n) is 21.2. The number of ether oxygens (including phenoxy) is 3. The van der Waals surface area contributed by atoms with Gasteiger partial charge in [-0.1, -0.05) is 45.0 Å². The molecule has 5 rings (SSSR count). The van der Waals surface area contributed by atoms with E-state index in [9.17, 15) is 24.3 Å². The Labute approximate surface area is 353 Å². The normalized spacial score (nSPS) is 36.0. The van der Waals surface area contributed by atoms with Crippen molar-refractivity contribution in [3.63, 3.8) is 0 Å². The molecule has 3 saturated heterocycles. The molecular weight excluding hydrogens is 778 g/mol. The highest BCUT2D eigenvalue weighted by atomic mass is 19.1.